The molecule has 8 atom stereocenters. The lowest BCUT2D eigenvalue weighted by Crippen LogP contribution is -2.61. The Bertz CT molecular complexity index is 1820. The average Bonchev–Trinajstić information content (AvgIpc) is 3.20. The molecule has 0 aliphatic heterocycles. The van der Waals surface area contributed by atoms with Crippen LogP contribution in [-0.2, 0) is 67.1 Å². The van der Waals surface area contributed by atoms with Gasteiger partial charge in [-0.15, -0.1) is 0 Å². The Morgan fingerprint density at radius 3 is 1.08 bits per heavy atom. The number of rotatable bonds is 33. The van der Waals surface area contributed by atoms with Crippen LogP contribution in [0.5, 0.6) is 0 Å². The second kappa shape index (κ2) is 29.3. The standard InChI is InChI=1S/C34H52N10O20S/c35-13(1-7-23(48)49)27(56)38-14(2-5-21(36)46)29(58)43-19(11-45)32(61)44-20(12-65)33(62)42-17(9-25(52)53)30(59)39-15(3-6-22(37)47)28(57)41-18(10-26(54)55)31(60)40-16(34(63)64)4-8-24(50)51/h13-20,45,65H,1-12,35H2,(H2,36,46)(H2,37,47)(H,38,56)(H,39,59)(H,40,60)(H,41,57)(H,42,62)(H,43,58)(H,44,61)(H,48,49)(H,50,51)(H,52,53)(H,54,55)(H,63,64)/t13-,14-,15-,16-,17-,18-,19-,20-/m0/s1. The molecule has 0 spiro atoms. The van der Waals surface area contributed by atoms with Gasteiger partial charge < -0.3 is 85.1 Å². The third-order valence-corrected chi connectivity index (χ3v) is 8.91. The number of carbonyl (C=O) groups excluding carboxylic acids is 9. The lowest BCUT2D eigenvalue weighted by atomic mass is 10.1. The van der Waals surface area contributed by atoms with Gasteiger partial charge in [0.05, 0.1) is 25.5 Å². The van der Waals surface area contributed by atoms with E-state index in [1.807, 2.05) is 21.3 Å². The average molecular weight is 953 g/mol. The number of carboxylic acids is 5. The van der Waals surface area contributed by atoms with Crippen LogP contribution in [0.25, 0.3) is 0 Å². The topological polar surface area (TPSA) is 523 Å². The van der Waals surface area contributed by atoms with Crippen LogP contribution in [-0.4, -0.2) is 174 Å². The first-order valence-electron chi connectivity index (χ1n) is 19.0. The van der Waals surface area contributed by atoms with Gasteiger partial charge in [0.2, 0.25) is 53.2 Å². The van der Waals surface area contributed by atoms with Crippen LogP contribution in [0.15, 0.2) is 0 Å². The summed E-state index contributed by atoms with van der Waals surface area (Å²) in [5.74, 6) is -19.6. The van der Waals surface area contributed by atoms with Gasteiger partial charge in [0.25, 0.3) is 0 Å². The molecule has 0 unspecified atom stereocenters. The Kier molecular flexibility index (Phi) is 26.0. The third-order valence-electron chi connectivity index (χ3n) is 8.55. The predicted molar refractivity (Wildman–Crippen MR) is 215 cm³/mol. The van der Waals surface area contributed by atoms with Crippen molar-refractivity contribution in [3.05, 3.63) is 0 Å². The molecule has 0 aromatic carbocycles. The summed E-state index contributed by atoms with van der Waals surface area (Å²) in [6.07, 6.45) is -7.01. The molecule has 31 heteroatoms. The highest BCUT2D eigenvalue weighted by atomic mass is 32.1. The van der Waals surface area contributed by atoms with Gasteiger partial charge >= 0.3 is 29.8 Å². The molecule has 0 aliphatic carbocycles. The third kappa shape index (κ3) is 23.8. The number of nitrogens with one attached hydrogen (secondary N) is 7. The maximum atomic E-state index is 13.4. The maximum Gasteiger partial charge on any atom is 0.326 e. The molecule has 9 amide bonds. The maximum absolute atomic E-state index is 13.4. The van der Waals surface area contributed by atoms with Crippen molar-refractivity contribution < 1.29 is 97.8 Å². The Morgan fingerprint density at radius 1 is 0.400 bits per heavy atom. The zero-order valence-corrected chi connectivity index (χ0v) is 35.1. The van der Waals surface area contributed by atoms with E-state index in [0.29, 0.717) is 0 Å². The van der Waals surface area contributed by atoms with E-state index in [9.17, 15) is 87.5 Å². The van der Waals surface area contributed by atoms with Crippen LogP contribution in [0, 0.1) is 0 Å². The first-order valence-corrected chi connectivity index (χ1v) is 19.6. The fourth-order valence-electron chi connectivity index (χ4n) is 5.11. The zero-order chi connectivity index (χ0) is 50.1. The van der Waals surface area contributed by atoms with Crippen LogP contribution >= 0.6 is 12.6 Å². The van der Waals surface area contributed by atoms with Crippen molar-refractivity contribution in [1.82, 2.24) is 37.2 Å². The van der Waals surface area contributed by atoms with Gasteiger partial charge in [-0.3, -0.25) is 62.3 Å². The largest absolute Gasteiger partial charge is 0.481 e. The van der Waals surface area contributed by atoms with E-state index in [0.717, 1.165) is 0 Å². The molecule has 0 bridgehead atoms. The van der Waals surface area contributed by atoms with Crippen LogP contribution in [0.4, 0.5) is 0 Å². The molecular formula is C34H52N10O20S. The number of amides is 9. The first-order chi connectivity index (χ1) is 30.2. The van der Waals surface area contributed by atoms with Gasteiger partial charge in [-0.25, -0.2) is 4.79 Å². The number of nitrogens with two attached hydrogens (primary N) is 3. The highest BCUT2D eigenvalue weighted by Gasteiger charge is 2.35. The number of aliphatic hydroxyl groups excluding tert-OH is 1. The van der Waals surface area contributed by atoms with Crippen molar-refractivity contribution in [3.63, 3.8) is 0 Å². The number of primary amides is 2. The molecule has 19 N–H and O–H groups in total. The first kappa shape index (κ1) is 57.8. The fraction of sp³-hybridized carbons (Fsp3) is 0.588. The second-order valence-corrected chi connectivity index (χ2v) is 14.2. The molecule has 0 heterocycles. The summed E-state index contributed by atoms with van der Waals surface area (Å²) in [5, 5.41) is 70.0. The molecule has 30 nitrogen and oxygen atoms in total. The van der Waals surface area contributed by atoms with E-state index in [2.05, 4.69) is 28.6 Å². The second-order valence-electron chi connectivity index (χ2n) is 13.8. The van der Waals surface area contributed by atoms with E-state index < -0.39 is 201 Å². The fourth-order valence-corrected chi connectivity index (χ4v) is 5.37. The van der Waals surface area contributed by atoms with Crippen molar-refractivity contribution in [2.45, 2.75) is 113 Å². The smallest absolute Gasteiger partial charge is 0.326 e. The minimum atomic E-state index is -2.11. The van der Waals surface area contributed by atoms with Crippen molar-refractivity contribution in [2.75, 3.05) is 12.4 Å². The SMILES string of the molecule is NC(=O)CC[C@H](NC(=O)[C@H](CC(=O)O)NC(=O)[C@H](CS)NC(=O)[C@H](CO)NC(=O)[C@H](CCC(N)=O)NC(=O)[C@@H](N)CCC(=O)O)C(=O)N[C@@H](CC(=O)O)C(=O)N[C@@H](CCC(=O)O)C(=O)O. The minimum absolute atomic E-state index is 0.354. The molecule has 0 saturated carbocycles. The Labute approximate surface area is 372 Å². The summed E-state index contributed by atoms with van der Waals surface area (Å²) in [5.41, 5.74) is 15.9. The number of carbonyl (C=O) groups is 14. The summed E-state index contributed by atoms with van der Waals surface area (Å²) >= 11 is 3.95. The van der Waals surface area contributed by atoms with Gasteiger partial charge in [-0.05, 0) is 25.7 Å². The normalized spacial score (nSPS) is 14.4. The van der Waals surface area contributed by atoms with Gasteiger partial charge in [-0.1, -0.05) is 0 Å². The summed E-state index contributed by atoms with van der Waals surface area (Å²) in [6, 6.07) is -14.8. The van der Waals surface area contributed by atoms with E-state index in [1.165, 1.54) is 0 Å². The molecule has 0 aliphatic rings. The van der Waals surface area contributed by atoms with Crippen LogP contribution in [0.3, 0.4) is 0 Å². The van der Waals surface area contributed by atoms with Crippen LogP contribution < -0.4 is 54.4 Å². The lowest BCUT2D eigenvalue weighted by Gasteiger charge is -2.26. The number of hydrogen-bond acceptors (Lipinski definition) is 17. The molecule has 364 valence electrons. The number of thiol groups is 1. The number of aliphatic carboxylic acids is 5. The summed E-state index contributed by atoms with van der Waals surface area (Å²) in [6.45, 7) is -1.16. The van der Waals surface area contributed by atoms with Gasteiger partial charge in [0.15, 0.2) is 0 Å². The molecule has 0 fully saturated rings. The monoisotopic (exact) mass is 952 g/mol. The molecule has 0 saturated heterocycles. The number of hydrogen-bond donors (Lipinski definition) is 17. The van der Waals surface area contributed by atoms with Crippen molar-refractivity contribution in [3.8, 4) is 0 Å². The van der Waals surface area contributed by atoms with E-state index in [-0.39, 0.29) is 6.42 Å². The summed E-state index contributed by atoms with van der Waals surface area (Å²) in [7, 11) is 0. The zero-order valence-electron chi connectivity index (χ0n) is 34.2. The summed E-state index contributed by atoms with van der Waals surface area (Å²) < 4.78 is 0. The predicted octanol–water partition coefficient (Wildman–Crippen LogP) is -8.08. The Hall–Kier alpha value is -7.15. The van der Waals surface area contributed by atoms with Crippen molar-refractivity contribution >= 4 is 95.6 Å². The summed E-state index contributed by atoms with van der Waals surface area (Å²) in [4.78, 5) is 171. The van der Waals surface area contributed by atoms with Crippen molar-refractivity contribution in [2.24, 2.45) is 17.2 Å². The van der Waals surface area contributed by atoms with E-state index in [4.69, 9.17) is 27.4 Å². The molecular weight excluding hydrogens is 900 g/mol. The van der Waals surface area contributed by atoms with E-state index in [1.54, 1.807) is 0 Å². The molecule has 0 aromatic heterocycles. The highest BCUT2D eigenvalue weighted by Crippen LogP contribution is 2.07. The van der Waals surface area contributed by atoms with Gasteiger partial charge in [0.1, 0.15) is 42.3 Å². The van der Waals surface area contributed by atoms with Crippen LogP contribution in [0.2, 0.25) is 0 Å². The van der Waals surface area contributed by atoms with E-state index >= 15 is 0 Å². The number of carboxylic acid groups (broad SMARTS) is 5. The van der Waals surface area contributed by atoms with Gasteiger partial charge in [0, 0.05) is 31.4 Å². The minimum Gasteiger partial charge on any atom is -0.481 e. The Balaban J connectivity index is 6.27. The number of aliphatic hydroxyl groups is 1. The molecule has 65 heavy (non-hydrogen) atoms. The van der Waals surface area contributed by atoms with Gasteiger partial charge in [-0.2, -0.15) is 12.6 Å². The molecule has 0 radical (unpaired) electrons. The van der Waals surface area contributed by atoms with Crippen LogP contribution in [0.1, 0.15) is 64.2 Å². The quantitative estimate of drug-likeness (QED) is 0.0272. The van der Waals surface area contributed by atoms with Crippen molar-refractivity contribution in [1.29, 1.82) is 0 Å². The molecule has 0 rings (SSSR count). The highest BCUT2D eigenvalue weighted by molar-refractivity contribution is 7.80. The lowest BCUT2D eigenvalue weighted by molar-refractivity contribution is -0.144. The molecule has 0 aromatic rings. The Morgan fingerprint density at radius 2 is 0.708 bits per heavy atom.